The molecule has 0 spiro atoms. The Hall–Kier alpha value is -3.19. The number of pyridine rings is 1. The normalized spacial score (nSPS) is 17.7. The molecule has 1 aromatic carbocycles. The number of esters is 1. The maximum Gasteiger partial charge on any atom is 0.325 e. The Morgan fingerprint density at radius 2 is 1.94 bits per heavy atom. The molecule has 1 aliphatic rings. The van der Waals surface area contributed by atoms with E-state index in [0.29, 0.717) is 11.7 Å². The summed E-state index contributed by atoms with van der Waals surface area (Å²) in [5, 5.41) is 3.95. The molecule has 0 radical (unpaired) electrons. The van der Waals surface area contributed by atoms with Crippen LogP contribution in [0.1, 0.15) is 59.7 Å². The number of carbonyl (C=O) groups is 1. The van der Waals surface area contributed by atoms with E-state index in [-0.39, 0.29) is 24.6 Å². The summed E-state index contributed by atoms with van der Waals surface area (Å²) in [5.74, 6) is -0.292. The maximum absolute atomic E-state index is 12.5. The molecule has 1 saturated heterocycles. The molecule has 0 unspecified atom stereocenters. The van der Waals surface area contributed by atoms with Gasteiger partial charge in [0.1, 0.15) is 6.54 Å². The third-order valence-corrected chi connectivity index (χ3v) is 6.87. The van der Waals surface area contributed by atoms with Crippen LogP contribution in [0.3, 0.4) is 0 Å². The molecule has 0 amide bonds. The van der Waals surface area contributed by atoms with Crippen LogP contribution in [-0.2, 0) is 16.0 Å². The topological polar surface area (TPSA) is 59.4 Å². The Kier molecular flexibility index (Phi) is 7.03. The quantitative estimate of drug-likeness (QED) is 0.387. The summed E-state index contributed by atoms with van der Waals surface area (Å²) in [6, 6.07) is 14.2. The van der Waals surface area contributed by atoms with Crippen molar-refractivity contribution in [1.29, 1.82) is 0 Å². The van der Waals surface area contributed by atoms with E-state index in [2.05, 4.69) is 66.8 Å². The van der Waals surface area contributed by atoms with Crippen LogP contribution in [0.5, 0.6) is 0 Å². The lowest BCUT2D eigenvalue weighted by molar-refractivity contribution is -0.143. The van der Waals surface area contributed by atoms with Gasteiger partial charge in [-0.2, -0.15) is 0 Å². The number of aryl methyl sites for hydroxylation is 3. The minimum atomic E-state index is -0.292. The zero-order valence-corrected chi connectivity index (χ0v) is 21.3. The molecule has 6 nitrogen and oxygen atoms in total. The molecule has 3 aromatic rings. The van der Waals surface area contributed by atoms with Gasteiger partial charge < -0.3 is 19.5 Å². The molecule has 0 saturated carbocycles. The van der Waals surface area contributed by atoms with Crippen LogP contribution in [-0.4, -0.2) is 38.7 Å². The highest BCUT2D eigenvalue weighted by Gasteiger charge is 2.42. The Bertz CT molecular complexity index is 1200. The van der Waals surface area contributed by atoms with Gasteiger partial charge >= 0.3 is 5.97 Å². The van der Waals surface area contributed by atoms with E-state index in [4.69, 9.17) is 17.0 Å². The molecule has 1 fully saturated rings. The molecule has 1 N–H and O–H groups in total. The largest absolute Gasteiger partial charge is 0.465 e. The summed E-state index contributed by atoms with van der Waals surface area (Å²) in [6.45, 7) is 10.9. The van der Waals surface area contributed by atoms with Gasteiger partial charge in [0.25, 0.3) is 0 Å². The smallest absolute Gasteiger partial charge is 0.325 e. The second-order valence-corrected chi connectivity index (χ2v) is 9.04. The fourth-order valence-corrected chi connectivity index (χ4v) is 5.32. The van der Waals surface area contributed by atoms with Gasteiger partial charge in [0, 0.05) is 17.6 Å². The van der Waals surface area contributed by atoms with Crippen LogP contribution in [0.15, 0.2) is 48.7 Å². The lowest BCUT2D eigenvalue weighted by Gasteiger charge is -2.27. The first-order chi connectivity index (χ1) is 16.4. The van der Waals surface area contributed by atoms with Crippen molar-refractivity contribution < 1.29 is 9.53 Å². The number of benzene rings is 1. The summed E-state index contributed by atoms with van der Waals surface area (Å²) in [4.78, 5) is 19.0. The van der Waals surface area contributed by atoms with Gasteiger partial charge in [-0.25, -0.2) is 0 Å². The van der Waals surface area contributed by atoms with Crippen molar-refractivity contribution in [2.24, 2.45) is 0 Å². The van der Waals surface area contributed by atoms with Crippen molar-refractivity contribution in [2.75, 3.05) is 13.2 Å². The molecule has 34 heavy (non-hydrogen) atoms. The zero-order valence-electron chi connectivity index (χ0n) is 20.5. The highest BCUT2D eigenvalue weighted by Crippen LogP contribution is 2.41. The van der Waals surface area contributed by atoms with Crippen LogP contribution in [0.25, 0.3) is 5.69 Å². The standard InChI is InChI=1S/C27H32N4O2S/c1-6-20-12-10-11-17(3)25(20)31-18(4)15-21(19(31)5)26-24(22-13-8-9-14-28-22)29-27(34)30(26)16-23(32)33-7-2/h8-15,24,26H,6-7,16H2,1-5H3,(H,29,34)/t24-,26-/m1/s1. The molecule has 1 aliphatic heterocycles. The zero-order chi connectivity index (χ0) is 24.4. The first kappa shape index (κ1) is 24.0. The van der Waals surface area contributed by atoms with E-state index in [9.17, 15) is 4.79 Å². The number of carbonyl (C=O) groups excluding carboxylic acids is 1. The number of ether oxygens (including phenoxy) is 1. The molecule has 4 rings (SSSR count). The predicted molar refractivity (Wildman–Crippen MR) is 138 cm³/mol. The molecule has 2 atom stereocenters. The van der Waals surface area contributed by atoms with E-state index < -0.39 is 0 Å². The average Bonchev–Trinajstić information content (AvgIpc) is 3.29. The van der Waals surface area contributed by atoms with E-state index in [0.717, 1.165) is 29.1 Å². The molecule has 0 bridgehead atoms. The Morgan fingerprint density at radius 1 is 1.15 bits per heavy atom. The molecular weight excluding hydrogens is 444 g/mol. The van der Waals surface area contributed by atoms with Crippen molar-refractivity contribution in [3.8, 4) is 5.69 Å². The highest BCUT2D eigenvalue weighted by atomic mass is 32.1. The van der Waals surface area contributed by atoms with Crippen LogP contribution < -0.4 is 5.32 Å². The summed E-state index contributed by atoms with van der Waals surface area (Å²) in [7, 11) is 0. The number of para-hydroxylation sites is 1. The predicted octanol–water partition coefficient (Wildman–Crippen LogP) is 4.90. The number of nitrogens with one attached hydrogen (secondary N) is 1. The lowest BCUT2D eigenvalue weighted by Crippen LogP contribution is -2.35. The van der Waals surface area contributed by atoms with E-state index >= 15 is 0 Å². The van der Waals surface area contributed by atoms with Crippen molar-refractivity contribution in [1.82, 2.24) is 19.8 Å². The lowest BCUT2D eigenvalue weighted by atomic mass is 9.96. The molecule has 3 heterocycles. The number of aromatic nitrogens is 2. The van der Waals surface area contributed by atoms with Gasteiger partial charge in [0.05, 0.1) is 30.1 Å². The third kappa shape index (κ3) is 4.32. The maximum atomic E-state index is 12.5. The fraction of sp³-hybridized carbons (Fsp3) is 0.370. The monoisotopic (exact) mass is 476 g/mol. The number of hydrogen-bond acceptors (Lipinski definition) is 4. The average molecular weight is 477 g/mol. The first-order valence-electron chi connectivity index (χ1n) is 11.8. The summed E-state index contributed by atoms with van der Waals surface area (Å²) in [5.41, 5.74) is 8.05. The minimum Gasteiger partial charge on any atom is -0.465 e. The van der Waals surface area contributed by atoms with E-state index in [1.54, 1.807) is 6.20 Å². The van der Waals surface area contributed by atoms with Gasteiger partial charge in [0.2, 0.25) is 0 Å². The van der Waals surface area contributed by atoms with Crippen molar-refractivity contribution in [3.05, 3.63) is 82.4 Å². The first-order valence-corrected chi connectivity index (χ1v) is 12.2. The SMILES string of the molecule is CCOC(=O)CN1C(=S)N[C@H](c2ccccn2)[C@H]1c1cc(C)n(-c2c(C)cccc2CC)c1C. The fourth-order valence-electron chi connectivity index (χ4n) is 5.02. The second-order valence-electron chi connectivity index (χ2n) is 8.66. The molecule has 2 aromatic heterocycles. The van der Waals surface area contributed by atoms with E-state index in [1.807, 2.05) is 30.0 Å². The van der Waals surface area contributed by atoms with E-state index in [1.165, 1.54) is 16.8 Å². The van der Waals surface area contributed by atoms with Crippen LogP contribution in [0.2, 0.25) is 0 Å². The number of rotatable bonds is 7. The van der Waals surface area contributed by atoms with Gasteiger partial charge in [-0.1, -0.05) is 31.2 Å². The highest BCUT2D eigenvalue weighted by molar-refractivity contribution is 7.80. The van der Waals surface area contributed by atoms with Gasteiger partial charge in [-0.05, 0) is 81.2 Å². The Morgan fingerprint density at radius 3 is 2.62 bits per heavy atom. The van der Waals surface area contributed by atoms with Crippen molar-refractivity contribution >= 4 is 23.3 Å². The summed E-state index contributed by atoms with van der Waals surface area (Å²) in [6.07, 6.45) is 2.74. The Labute approximate surface area is 207 Å². The summed E-state index contributed by atoms with van der Waals surface area (Å²) < 4.78 is 7.60. The minimum absolute atomic E-state index is 0.0852. The van der Waals surface area contributed by atoms with Crippen LogP contribution in [0, 0.1) is 20.8 Å². The number of nitrogens with zero attached hydrogens (tertiary/aromatic N) is 3. The van der Waals surface area contributed by atoms with Crippen molar-refractivity contribution in [3.63, 3.8) is 0 Å². The van der Waals surface area contributed by atoms with Crippen LogP contribution >= 0.6 is 12.2 Å². The van der Waals surface area contributed by atoms with Gasteiger partial charge in [0.15, 0.2) is 5.11 Å². The van der Waals surface area contributed by atoms with Crippen molar-refractivity contribution in [2.45, 2.75) is 53.1 Å². The third-order valence-electron chi connectivity index (χ3n) is 6.52. The summed E-state index contributed by atoms with van der Waals surface area (Å²) >= 11 is 5.71. The van der Waals surface area contributed by atoms with Gasteiger partial charge in [-0.15, -0.1) is 0 Å². The number of hydrogen-bond donors (Lipinski definition) is 1. The van der Waals surface area contributed by atoms with Gasteiger partial charge in [-0.3, -0.25) is 9.78 Å². The molecular formula is C27H32N4O2S. The molecule has 178 valence electrons. The Balaban J connectivity index is 1.86. The van der Waals surface area contributed by atoms with Crippen LogP contribution in [0.4, 0.5) is 0 Å². The molecule has 0 aliphatic carbocycles. The molecule has 7 heteroatoms. The second kappa shape index (κ2) is 9.97. The number of thiocarbonyl (C=S) groups is 1.